The molecule has 106 valence electrons. The monoisotopic (exact) mass is 327 g/mol. The van der Waals surface area contributed by atoms with Gasteiger partial charge < -0.3 is 15.8 Å². The molecule has 0 radical (unpaired) electrons. The minimum absolute atomic E-state index is 0.282. The SMILES string of the molecule is CN(CCC(C)(C)C(N)=NO)Cc1ccc(Br)cc1. The third kappa shape index (κ3) is 5.20. The number of nitrogens with two attached hydrogens (primary N) is 1. The molecule has 4 nitrogen and oxygen atoms in total. The van der Waals surface area contributed by atoms with Crippen LogP contribution in [-0.4, -0.2) is 29.5 Å². The number of hydrogen-bond donors (Lipinski definition) is 2. The summed E-state index contributed by atoms with van der Waals surface area (Å²) < 4.78 is 1.09. The molecule has 0 atom stereocenters. The summed E-state index contributed by atoms with van der Waals surface area (Å²) in [5.74, 6) is 0.282. The lowest BCUT2D eigenvalue weighted by molar-refractivity contribution is 0.272. The molecule has 1 rings (SSSR count). The second-order valence-electron chi connectivity index (χ2n) is 5.48. The van der Waals surface area contributed by atoms with Crippen LogP contribution in [0.4, 0.5) is 0 Å². The van der Waals surface area contributed by atoms with Gasteiger partial charge in [0.1, 0.15) is 5.84 Å². The molecule has 0 bridgehead atoms. The number of benzene rings is 1. The highest BCUT2D eigenvalue weighted by molar-refractivity contribution is 9.10. The summed E-state index contributed by atoms with van der Waals surface area (Å²) in [7, 11) is 2.07. The number of hydrogen-bond acceptors (Lipinski definition) is 3. The molecular weight excluding hydrogens is 306 g/mol. The van der Waals surface area contributed by atoms with Gasteiger partial charge in [-0.15, -0.1) is 0 Å². The average molecular weight is 328 g/mol. The summed E-state index contributed by atoms with van der Waals surface area (Å²) in [5.41, 5.74) is 6.66. The number of rotatable bonds is 6. The first-order valence-electron chi connectivity index (χ1n) is 6.26. The van der Waals surface area contributed by atoms with E-state index in [-0.39, 0.29) is 11.3 Å². The van der Waals surface area contributed by atoms with E-state index in [0.29, 0.717) is 0 Å². The molecule has 0 amide bonds. The summed E-state index contributed by atoms with van der Waals surface area (Å²) in [6.07, 6.45) is 0.843. The summed E-state index contributed by atoms with van der Waals surface area (Å²) in [6.45, 7) is 5.74. The second kappa shape index (κ2) is 6.91. The Hall–Kier alpha value is -1.07. The quantitative estimate of drug-likeness (QED) is 0.365. The van der Waals surface area contributed by atoms with Crippen molar-refractivity contribution in [2.45, 2.75) is 26.8 Å². The van der Waals surface area contributed by atoms with E-state index in [1.807, 2.05) is 26.0 Å². The molecule has 0 aliphatic heterocycles. The highest BCUT2D eigenvalue weighted by Gasteiger charge is 2.23. The van der Waals surface area contributed by atoms with Crippen LogP contribution in [0.5, 0.6) is 0 Å². The van der Waals surface area contributed by atoms with Gasteiger partial charge in [0.05, 0.1) is 0 Å². The molecule has 0 spiro atoms. The lowest BCUT2D eigenvalue weighted by Crippen LogP contribution is -2.35. The fourth-order valence-corrected chi connectivity index (χ4v) is 1.98. The molecule has 0 fully saturated rings. The van der Waals surface area contributed by atoms with E-state index in [2.05, 4.69) is 45.2 Å². The Labute approximate surface area is 123 Å². The predicted molar refractivity (Wildman–Crippen MR) is 82.3 cm³/mol. The van der Waals surface area contributed by atoms with Gasteiger partial charge in [-0.2, -0.15) is 0 Å². The maximum absolute atomic E-state index is 8.74. The zero-order valence-corrected chi connectivity index (χ0v) is 13.3. The van der Waals surface area contributed by atoms with E-state index in [0.717, 1.165) is 24.0 Å². The zero-order valence-electron chi connectivity index (χ0n) is 11.7. The Morgan fingerprint density at radius 2 is 1.95 bits per heavy atom. The van der Waals surface area contributed by atoms with Crippen molar-refractivity contribution < 1.29 is 5.21 Å². The minimum Gasteiger partial charge on any atom is -0.409 e. The third-order valence-electron chi connectivity index (χ3n) is 3.29. The van der Waals surface area contributed by atoms with Gasteiger partial charge in [0.25, 0.3) is 0 Å². The maximum Gasteiger partial charge on any atom is 0.144 e. The van der Waals surface area contributed by atoms with Crippen LogP contribution in [0.25, 0.3) is 0 Å². The number of oxime groups is 1. The Morgan fingerprint density at radius 3 is 2.47 bits per heavy atom. The van der Waals surface area contributed by atoms with Crippen molar-refractivity contribution in [1.29, 1.82) is 0 Å². The Kier molecular flexibility index (Phi) is 5.82. The minimum atomic E-state index is -0.289. The lowest BCUT2D eigenvalue weighted by Gasteiger charge is -2.26. The first-order chi connectivity index (χ1) is 8.85. The van der Waals surface area contributed by atoms with Crippen LogP contribution in [0.1, 0.15) is 25.8 Å². The van der Waals surface area contributed by atoms with Gasteiger partial charge in [0.2, 0.25) is 0 Å². The van der Waals surface area contributed by atoms with Crippen LogP contribution in [0.15, 0.2) is 33.9 Å². The fraction of sp³-hybridized carbons (Fsp3) is 0.500. The smallest absolute Gasteiger partial charge is 0.144 e. The summed E-state index contributed by atoms with van der Waals surface area (Å²) in [4.78, 5) is 2.23. The predicted octanol–water partition coefficient (Wildman–Crippen LogP) is 3.04. The summed E-state index contributed by atoms with van der Waals surface area (Å²) >= 11 is 3.43. The lowest BCUT2D eigenvalue weighted by atomic mass is 9.88. The molecule has 3 N–H and O–H groups in total. The molecule has 19 heavy (non-hydrogen) atoms. The van der Waals surface area contributed by atoms with Gasteiger partial charge in [0, 0.05) is 16.4 Å². The van der Waals surface area contributed by atoms with E-state index in [4.69, 9.17) is 10.9 Å². The van der Waals surface area contributed by atoms with Gasteiger partial charge in [-0.25, -0.2) is 0 Å². The van der Waals surface area contributed by atoms with Gasteiger partial charge in [-0.05, 0) is 37.7 Å². The maximum atomic E-state index is 8.74. The van der Waals surface area contributed by atoms with Crippen molar-refractivity contribution in [3.63, 3.8) is 0 Å². The van der Waals surface area contributed by atoms with Crippen molar-refractivity contribution in [2.24, 2.45) is 16.3 Å². The Morgan fingerprint density at radius 1 is 1.37 bits per heavy atom. The molecule has 0 aromatic heterocycles. The molecule has 0 heterocycles. The number of nitrogens with zero attached hydrogens (tertiary/aromatic N) is 2. The van der Waals surface area contributed by atoms with Crippen LogP contribution in [0, 0.1) is 5.41 Å². The second-order valence-corrected chi connectivity index (χ2v) is 6.40. The van der Waals surface area contributed by atoms with E-state index in [1.165, 1.54) is 5.56 Å². The van der Waals surface area contributed by atoms with Crippen LogP contribution < -0.4 is 5.73 Å². The van der Waals surface area contributed by atoms with E-state index >= 15 is 0 Å². The molecule has 0 aliphatic rings. The summed E-state index contributed by atoms with van der Waals surface area (Å²) in [5, 5.41) is 11.8. The van der Waals surface area contributed by atoms with Crippen LogP contribution in [-0.2, 0) is 6.54 Å². The molecule has 1 aromatic rings. The van der Waals surface area contributed by atoms with E-state index in [1.54, 1.807) is 0 Å². The first-order valence-corrected chi connectivity index (χ1v) is 7.05. The fourth-order valence-electron chi connectivity index (χ4n) is 1.71. The normalized spacial score (nSPS) is 13.0. The third-order valence-corrected chi connectivity index (χ3v) is 3.81. The Bertz CT molecular complexity index is 429. The van der Waals surface area contributed by atoms with Crippen molar-refractivity contribution in [3.05, 3.63) is 34.3 Å². The number of halogens is 1. The van der Waals surface area contributed by atoms with Crippen molar-refractivity contribution in [1.82, 2.24) is 4.90 Å². The standard InChI is InChI=1S/C14H22BrN3O/c1-14(2,13(16)17-19)8-9-18(3)10-11-4-6-12(15)7-5-11/h4-7,19H,8-10H2,1-3H3,(H2,16,17). The highest BCUT2D eigenvalue weighted by Crippen LogP contribution is 2.21. The molecular formula is C14H22BrN3O. The molecule has 5 heteroatoms. The van der Waals surface area contributed by atoms with E-state index < -0.39 is 0 Å². The summed E-state index contributed by atoms with van der Waals surface area (Å²) in [6, 6.07) is 8.30. The van der Waals surface area contributed by atoms with Crippen molar-refractivity contribution in [3.8, 4) is 0 Å². The number of amidine groups is 1. The Balaban J connectivity index is 2.48. The van der Waals surface area contributed by atoms with Gasteiger partial charge in [-0.3, -0.25) is 0 Å². The van der Waals surface area contributed by atoms with E-state index in [9.17, 15) is 0 Å². The zero-order chi connectivity index (χ0) is 14.5. The van der Waals surface area contributed by atoms with Gasteiger partial charge in [0.15, 0.2) is 0 Å². The van der Waals surface area contributed by atoms with Crippen LogP contribution in [0.3, 0.4) is 0 Å². The van der Waals surface area contributed by atoms with Crippen molar-refractivity contribution >= 4 is 21.8 Å². The average Bonchev–Trinajstić information content (AvgIpc) is 2.38. The molecule has 0 saturated heterocycles. The highest BCUT2D eigenvalue weighted by atomic mass is 79.9. The van der Waals surface area contributed by atoms with Gasteiger partial charge >= 0.3 is 0 Å². The topological polar surface area (TPSA) is 61.8 Å². The molecule has 1 aromatic carbocycles. The molecule has 0 unspecified atom stereocenters. The first kappa shape index (κ1) is 16.0. The van der Waals surface area contributed by atoms with Crippen LogP contribution >= 0.6 is 15.9 Å². The molecule has 0 saturated carbocycles. The van der Waals surface area contributed by atoms with Crippen molar-refractivity contribution in [2.75, 3.05) is 13.6 Å². The molecule has 0 aliphatic carbocycles. The van der Waals surface area contributed by atoms with Gasteiger partial charge in [-0.1, -0.05) is 47.1 Å². The van der Waals surface area contributed by atoms with Crippen LogP contribution in [0.2, 0.25) is 0 Å². The largest absolute Gasteiger partial charge is 0.409 e.